The fourth-order valence-corrected chi connectivity index (χ4v) is 3.33. The maximum atomic E-state index is 13.7. The lowest BCUT2D eigenvalue weighted by Gasteiger charge is -2.29. The molecule has 0 aromatic heterocycles. The maximum Gasteiger partial charge on any atom is 0.125 e. The standard InChI is InChI=1S/C13H17FN2OS/c14-11-7-10(13-1-4-17-15-13)8-12(9-11)16-2-5-18-6-3-16/h7-9,13,15H,1-6H2. The number of thioether (sulfide) groups is 1. The van der Waals surface area contributed by atoms with Crippen LogP contribution in [0.2, 0.25) is 0 Å². The number of halogens is 1. The molecule has 0 aliphatic carbocycles. The van der Waals surface area contributed by atoms with Crippen LogP contribution in [0.4, 0.5) is 10.1 Å². The molecule has 0 spiro atoms. The summed E-state index contributed by atoms with van der Waals surface area (Å²) >= 11 is 1.96. The Balaban J connectivity index is 1.84. The van der Waals surface area contributed by atoms with Crippen LogP contribution in [-0.2, 0) is 4.84 Å². The van der Waals surface area contributed by atoms with E-state index >= 15 is 0 Å². The summed E-state index contributed by atoms with van der Waals surface area (Å²) in [7, 11) is 0. The van der Waals surface area contributed by atoms with E-state index < -0.39 is 0 Å². The molecule has 2 aliphatic heterocycles. The third-order valence-electron chi connectivity index (χ3n) is 3.42. The molecule has 98 valence electrons. The van der Waals surface area contributed by atoms with Gasteiger partial charge in [0.15, 0.2) is 0 Å². The molecule has 2 aliphatic rings. The summed E-state index contributed by atoms with van der Waals surface area (Å²) in [5.74, 6) is 2.09. The van der Waals surface area contributed by atoms with Gasteiger partial charge in [-0.15, -0.1) is 0 Å². The number of anilines is 1. The summed E-state index contributed by atoms with van der Waals surface area (Å²) in [4.78, 5) is 7.41. The van der Waals surface area contributed by atoms with Crippen molar-refractivity contribution in [1.29, 1.82) is 0 Å². The molecular weight excluding hydrogens is 251 g/mol. The van der Waals surface area contributed by atoms with Gasteiger partial charge in [0, 0.05) is 30.3 Å². The molecule has 3 nitrogen and oxygen atoms in total. The van der Waals surface area contributed by atoms with Crippen molar-refractivity contribution < 1.29 is 9.23 Å². The van der Waals surface area contributed by atoms with E-state index in [2.05, 4.69) is 16.4 Å². The summed E-state index contributed by atoms with van der Waals surface area (Å²) in [6.45, 7) is 2.70. The second-order valence-electron chi connectivity index (χ2n) is 4.65. The van der Waals surface area contributed by atoms with Gasteiger partial charge in [-0.25, -0.2) is 4.39 Å². The highest BCUT2D eigenvalue weighted by Gasteiger charge is 2.20. The van der Waals surface area contributed by atoms with Gasteiger partial charge in [0.2, 0.25) is 0 Å². The first kappa shape index (κ1) is 12.3. The predicted octanol–water partition coefficient (Wildman–Crippen LogP) is 2.34. The average Bonchev–Trinajstić information content (AvgIpc) is 2.93. The van der Waals surface area contributed by atoms with Gasteiger partial charge in [0.25, 0.3) is 0 Å². The third-order valence-corrected chi connectivity index (χ3v) is 4.36. The van der Waals surface area contributed by atoms with Gasteiger partial charge in [-0.2, -0.15) is 17.2 Å². The van der Waals surface area contributed by atoms with E-state index in [-0.39, 0.29) is 11.9 Å². The van der Waals surface area contributed by atoms with Crippen LogP contribution in [0.5, 0.6) is 0 Å². The van der Waals surface area contributed by atoms with E-state index in [1.54, 1.807) is 12.1 Å². The third kappa shape index (κ3) is 2.63. The first-order chi connectivity index (χ1) is 8.83. The number of nitrogens with one attached hydrogen (secondary N) is 1. The predicted molar refractivity (Wildman–Crippen MR) is 72.4 cm³/mol. The molecule has 0 radical (unpaired) electrons. The molecule has 1 atom stereocenters. The Kier molecular flexibility index (Phi) is 3.72. The van der Waals surface area contributed by atoms with Gasteiger partial charge in [0.1, 0.15) is 5.82 Å². The summed E-state index contributed by atoms with van der Waals surface area (Å²) in [6, 6.07) is 5.45. The van der Waals surface area contributed by atoms with Gasteiger partial charge < -0.3 is 9.74 Å². The van der Waals surface area contributed by atoms with Crippen molar-refractivity contribution in [2.24, 2.45) is 0 Å². The molecule has 3 rings (SSSR count). The minimum absolute atomic E-state index is 0.124. The number of hydrogen-bond donors (Lipinski definition) is 1. The molecule has 18 heavy (non-hydrogen) atoms. The SMILES string of the molecule is Fc1cc(C2CCON2)cc(N2CCSCC2)c1. The molecule has 0 bridgehead atoms. The summed E-state index contributed by atoms with van der Waals surface area (Å²) < 4.78 is 13.7. The Labute approximate surface area is 111 Å². The van der Waals surface area contributed by atoms with E-state index in [0.29, 0.717) is 6.61 Å². The lowest BCUT2D eigenvalue weighted by molar-refractivity contribution is 0.0882. The van der Waals surface area contributed by atoms with E-state index in [0.717, 1.165) is 42.3 Å². The Morgan fingerprint density at radius 3 is 2.83 bits per heavy atom. The minimum atomic E-state index is -0.158. The van der Waals surface area contributed by atoms with Crippen molar-refractivity contribution in [3.63, 3.8) is 0 Å². The van der Waals surface area contributed by atoms with Crippen molar-refractivity contribution in [2.45, 2.75) is 12.5 Å². The van der Waals surface area contributed by atoms with Crippen LogP contribution in [0.15, 0.2) is 18.2 Å². The van der Waals surface area contributed by atoms with Gasteiger partial charge in [-0.1, -0.05) is 0 Å². The molecule has 0 amide bonds. The van der Waals surface area contributed by atoms with Crippen LogP contribution in [0.3, 0.4) is 0 Å². The van der Waals surface area contributed by atoms with Crippen LogP contribution in [-0.4, -0.2) is 31.2 Å². The molecule has 1 aromatic rings. The van der Waals surface area contributed by atoms with Gasteiger partial charge in [0.05, 0.1) is 12.6 Å². The van der Waals surface area contributed by atoms with E-state index in [4.69, 9.17) is 4.84 Å². The Hall–Kier alpha value is -0.780. The molecule has 0 saturated carbocycles. The fraction of sp³-hybridized carbons (Fsp3) is 0.538. The van der Waals surface area contributed by atoms with Crippen LogP contribution in [0.25, 0.3) is 0 Å². The number of nitrogens with zero attached hydrogens (tertiary/aromatic N) is 1. The van der Waals surface area contributed by atoms with Crippen LogP contribution >= 0.6 is 11.8 Å². The van der Waals surface area contributed by atoms with Gasteiger partial charge in [-0.3, -0.25) is 0 Å². The van der Waals surface area contributed by atoms with Crippen LogP contribution in [0.1, 0.15) is 18.0 Å². The largest absolute Gasteiger partial charge is 0.370 e. The van der Waals surface area contributed by atoms with E-state index in [1.165, 1.54) is 0 Å². The number of rotatable bonds is 2. The second-order valence-corrected chi connectivity index (χ2v) is 5.87. The van der Waals surface area contributed by atoms with Gasteiger partial charge >= 0.3 is 0 Å². The van der Waals surface area contributed by atoms with E-state index in [1.807, 2.05) is 11.8 Å². The highest BCUT2D eigenvalue weighted by atomic mass is 32.2. The van der Waals surface area contributed by atoms with Crippen molar-refractivity contribution >= 4 is 17.4 Å². The second kappa shape index (κ2) is 5.47. The normalized spacial score (nSPS) is 24.5. The van der Waals surface area contributed by atoms with Gasteiger partial charge in [-0.05, 0) is 30.2 Å². The van der Waals surface area contributed by atoms with Crippen molar-refractivity contribution in [2.75, 3.05) is 36.1 Å². The van der Waals surface area contributed by atoms with E-state index in [9.17, 15) is 4.39 Å². The van der Waals surface area contributed by atoms with Crippen LogP contribution in [0, 0.1) is 5.82 Å². The topological polar surface area (TPSA) is 24.5 Å². The zero-order valence-electron chi connectivity index (χ0n) is 10.2. The van der Waals surface area contributed by atoms with Crippen LogP contribution < -0.4 is 10.4 Å². The maximum absolute atomic E-state index is 13.7. The Bertz CT molecular complexity index is 417. The molecule has 2 fully saturated rings. The smallest absolute Gasteiger partial charge is 0.125 e. The monoisotopic (exact) mass is 268 g/mol. The minimum Gasteiger partial charge on any atom is -0.370 e. The average molecular weight is 268 g/mol. The lowest BCUT2D eigenvalue weighted by Crippen LogP contribution is -2.32. The van der Waals surface area contributed by atoms with Crippen molar-refractivity contribution in [3.05, 3.63) is 29.6 Å². The molecular formula is C13H17FN2OS. The molecule has 1 unspecified atom stereocenters. The molecule has 2 saturated heterocycles. The first-order valence-corrected chi connectivity index (χ1v) is 7.49. The number of hydroxylamine groups is 1. The highest BCUT2D eigenvalue weighted by Crippen LogP contribution is 2.28. The Morgan fingerprint density at radius 1 is 1.28 bits per heavy atom. The lowest BCUT2D eigenvalue weighted by atomic mass is 10.0. The first-order valence-electron chi connectivity index (χ1n) is 6.33. The molecule has 2 heterocycles. The summed E-state index contributed by atoms with van der Waals surface area (Å²) in [5.41, 5.74) is 4.93. The zero-order valence-corrected chi connectivity index (χ0v) is 11.0. The molecule has 1 N–H and O–H groups in total. The zero-order chi connectivity index (χ0) is 12.4. The Morgan fingerprint density at radius 2 is 2.11 bits per heavy atom. The van der Waals surface area contributed by atoms with Crippen molar-refractivity contribution in [1.82, 2.24) is 5.48 Å². The quantitative estimate of drug-likeness (QED) is 0.890. The summed E-state index contributed by atoms with van der Waals surface area (Å²) in [5, 5.41) is 0. The molecule has 1 aromatic carbocycles. The summed E-state index contributed by atoms with van der Waals surface area (Å²) in [6.07, 6.45) is 0.902. The highest BCUT2D eigenvalue weighted by molar-refractivity contribution is 7.99. The fourth-order valence-electron chi connectivity index (χ4n) is 2.43. The number of benzene rings is 1. The van der Waals surface area contributed by atoms with Crippen molar-refractivity contribution in [3.8, 4) is 0 Å². The molecule has 5 heteroatoms. The number of hydrogen-bond acceptors (Lipinski definition) is 4.